The van der Waals surface area contributed by atoms with Gasteiger partial charge in [0, 0.05) is 17.8 Å². The Balaban J connectivity index is 1.90. The Bertz CT molecular complexity index is 915. The van der Waals surface area contributed by atoms with Gasteiger partial charge < -0.3 is 15.4 Å². The van der Waals surface area contributed by atoms with E-state index in [1.165, 1.54) is 13.3 Å². The van der Waals surface area contributed by atoms with E-state index in [1.54, 1.807) is 42.5 Å². The topological polar surface area (TPSA) is 109 Å². The molecule has 2 aromatic rings. The summed E-state index contributed by atoms with van der Waals surface area (Å²) >= 11 is 6.03. The first-order valence-electron chi connectivity index (χ1n) is 8.23. The second-order valence-electron chi connectivity index (χ2n) is 5.60. The Labute approximate surface area is 166 Å². The third-order valence-electron chi connectivity index (χ3n) is 3.58. The van der Waals surface area contributed by atoms with Crippen molar-refractivity contribution in [2.75, 3.05) is 19.0 Å². The van der Waals surface area contributed by atoms with Gasteiger partial charge in [-0.1, -0.05) is 29.8 Å². The van der Waals surface area contributed by atoms with Gasteiger partial charge >= 0.3 is 11.8 Å². The molecule has 0 aromatic heterocycles. The second kappa shape index (κ2) is 10.1. The summed E-state index contributed by atoms with van der Waals surface area (Å²) in [5, 5.41) is 9.17. The van der Waals surface area contributed by atoms with Crippen LogP contribution in [0.5, 0.6) is 5.75 Å². The van der Waals surface area contributed by atoms with Gasteiger partial charge in [-0.05, 0) is 42.3 Å². The van der Waals surface area contributed by atoms with Crippen LogP contribution < -0.4 is 20.8 Å². The van der Waals surface area contributed by atoms with Crippen LogP contribution in [0.1, 0.15) is 11.1 Å². The molecule has 146 valence electrons. The first kappa shape index (κ1) is 20.9. The maximum Gasteiger partial charge on any atom is 0.329 e. The minimum atomic E-state index is -0.876. The molecule has 3 N–H and O–H groups in total. The van der Waals surface area contributed by atoms with E-state index in [2.05, 4.69) is 21.2 Å². The van der Waals surface area contributed by atoms with Crippen LogP contribution in [0.3, 0.4) is 0 Å². The number of rotatable bonds is 6. The molecule has 0 aliphatic carbocycles. The van der Waals surface area contributed by atoms with Crippen LogP contribution in [-0.2, 0) is 14.4 Å². The molecule has 28 heavy (non-hydrogen) atoms. The number of nitrogens with one attached hydrogen (secondary N) is 3. The number of hydrogen-bond donors (Lipinski definition) is 3. The first-order valence-corrected chi connectivity index (χ1v) is 8.61. The number of hydrazone groups is 1. The van der Waals surface area contributed by atoms with Crippen LogP contribution in [-0.4, -0.2) is 37.6 Å². The monoisotopic (exact) mass is 402 g/mol. The van der Waals surface area contributed by atoms with Gasteiger partial charge in [0.25, 0.3) is 5.91 Å². The van der Waals surface area contributed by atoms with E-state index < -0.39 is 11.8 Å². The van der Waals surface area contributed by atoms with Gasteiger partial charge in [-0.3, -0.25) is 14.4 Å². The molecule has 0 heterocycles. The number of anilines is 1. The number of likely N-dealkylation sites (N-methyl/N-ethyl adjacent to an activating group) is 1. The zero-order chi connectivity index (χ0) is 20.5. The van der Waals surface area contributed by atoms with Gasteiger partial charge in [-0.25, -0.2) is 5.43 Å². The van der Waals surface area contributed by atoms with Gasteiger partial charge in [0.05, 0.1) is 6.21 Å². The first-order chi connectivity index (χ1) is 13.4. The SMILES string of the molecule is CNC(=O)C(=O)N/N=C\c1cccc(OCC(=O)Nc2cccc(Cl)c2C)c1. The fourth-order valence-corrected chi connectivity index (χ4v) is 2.27. The molecule has 0 aliphatic rings. The standard InChI is InChI=1S/C19H19ClN4O4/c1-12-15(20)7-4-8-16(12)23-17(25)11-28-14-6-3-5-13(9-14)10-22-24-19(27)18(26)21-2/h3-10H,11H2,1-2H3,(H,21,26)(H,23,25)(H,24,27)/b22-10-. The summed E-state index contributed by atoms with van der Waals surface area (Å²) in [6.45, 7) is 1.62. The summed E-state index contributed by atoms with van der Waals surface area (Å²) in [5.74, 6) is -1.56. The van der Waals surface area contributed by atoms with Crippen LogP contribution in [0.15, 0.2) is 47.6 Å². The van der Waals surface area contributed by atoms with Crippen LogP contribution >= 0.6 is 11.6 Å². The Morgan fingerprint density at radius 1 is 1.14 bits per heavy atom. The lowest BCUT2D eigenvalue weighted by atomic mass is 10.2. The molecule has 9 heteroatoms. The lowest BCUT2D eigenvalue weighted by molar-refractivity contribution is -0.138. The van der Waals surface area contributed by atoms with Crippen molar-refractivity contribution in [1.29, 1.82) is 0 Å². The molecule has 0 radical (unpaired) electrons. The molecule has 0 fully saturated rings. The van der Waals surface area contributed by atoms with E-state index in [0.29, 0.717) is 22.0 Å². The van der Waals surface area contributed by atoms with E-state index in [1.807, 2.05) is 6.92 Å². The van der Waals surface area contributed by atoms with Crippen molar-refractivity contribution in [2.24, 2.45) is 5.10 Å². The highest BCUT2D eigenvalue weighted by Crippen LogP contribution is 2.22. The number of hydrogen-bond acceptors (Lipinski definition) is 5. The quantitative estimate of drug-likeness (QED) is 0.389. The third kappa shape index (κ3) is 6.10. The molecule has 2 aromatic carbocycles. The Morgan fingerprint density at radius 2 is 1.89 bits per heavy atom. The largest absolute Gasteiger partial charge is 0.484 e. The van der Waals surface area contributed by atoms with Crippen molar-refractivity contribution in [2.45, 2.75) is 6.92 Å². The van der Waals surface area contributed by atoms with Crippen molar-refractivity contribution < 1.29 is 19.1 Å². The van der Waals surface area contributed by atoms with E-state index in [9.17, 15) is 14.4 Å². The smallest absolute Gasteiger partial charge is 0.329 e. The Kier molecular flexibility index (Phi) is 7.53. The summed E-state index contributed by atoms with van der Waals surface area (Å²) in [6, 6.07) is 12.0. The van der Waals surface area contributed by atoms with Gasteiger partial charge in [0.2, 0.25) is 0 Å². The minimum Gasteiger partial charge on any atom is -0.484 e. The highest BCUT2D eigenvalue weighted by atomic mass is 35.5. The van der Waals surface area contributed by atoms with E-state index in [4.69, 9.17) is 16.3 Å². The molecule has 0 bridgehead atoms. The lowest BCUT2D eigenvalue weighted by Gasteiger charge is -2.10. The molecular formula is C19H19ClN4O4. The molecule has 0 saturated carbocycles. The number of ether oxygens (including phenoxy) is 1. The lowest BCUT2D eigenvalue weighted by Crippen LogP contribution is -2.35. The summed E-state index contributed by atoms with van der Waals surface area (Å²) in [4.78, 5) is 34.4. The second-order valence-corrected chi connectivity index (χ2v) is 6.01. The van der Waals surface area contributed by atoms with Gasteiger partial charge in [0.1, 0.15) is 5.75 Å². The zero-order valence-electron chi connectivity index (χ0n) is 15.3. The molecule has 0 unspecified atom stereocenters. The summed E-state index contributed by atoms with van der Waals surface area (Å²) in [5.41, 5.74) is 4.10. The summed E-state index contributed by atoms with van der Waals surface area (Å²) in [6.07, 6.45) is 1.35. The van der Waals surface area contributed by atoms with Crippen LogP contribution in [0.25, 0.3) is 0 Å². The maximum atomic E-state index is 12.1. The fraction of sp³-hybridized carbons (Fsp3) is 0.158. The van der Waals surface area contributed by atoms with Crippen LogP contribution in [0.4, 0.5) is 5.69 Å². The summed E-state index contributed by atoms with van der Waals surface area (Å²) < 4.78 is 5.48. The normalized spacial score (nSPS) is 10.4. The molecule has 8 nitrogen and oxygen atoms in total. The molecule has 0 atom stereocenters. The van der Waals surface area contributed by atoms with Gasteiger partial charge in [-0.2, -0.15) is 5.10 Å². The van der Waals surface area contributed by atoms with E-state index >= 15 is 0 Å². The number of carbonyl (C=O) groups excluding carboxylic acids is 3. The number of halogens is 1. The average Bonchev–Trinajstić information content (AvgIpc) is 2.69. The van der Waals surface area contributed by atoms with Crippen molar-refractivity contribution >= 4 is 41.2 Å². The van der Waals surface area contributed by atoms with E-state index in [-0.39, 0.29) is 12.5 Å². The zero-order valence-corrected chi connectivity index (χ0v) is 16.0. The molecule has 2 rings (SSSR count). The number of benzene rings is 2. The molecule has 0 saturated heterocycles. The van der Waals surface area contributed by atoms with Crippen molar-refractivity contribution in [3.63, 3.8) is 0 Å². The highest BCUT2D eigenvalue weighted by molar-refractivity contribution is 6.35. The van der Waals surface area contributed by atoms with Crippen molar-refractivity contribution in [3.05, 3.63) is 58.6 Å². The predicted octanol–water partition coefficient (Wildman–Crippen LogP) is 1.86. The van der Waals surface area contributed by atoms with Crippen LogP contribution in [0.2, 0.25) is 5.02 Å². The molecule has 0 aliphatic heterocycles. The number of nitrogens with zero attached hydrogens (tertiary/aromatic N) is 1. The third-order valence-corrected chi connectivity index (χ3v) is 3.99. The molecular weight excluding hydrogens is 384 g/mol. The van der Waals surface area contributed by atoms with Crippen molar-refractivity contribution in [1.82, 2.24) is 10.7 Å². The fourth-order valence-electron chi connectivity index (χ4n) is 2.09. The van der Waals surface area contributed by atoms with Gasteiger partial charge in [0.15, 0.2) is 6.61 Å². The predicted molar refractivity (Wildman–Crippen MR) is 107 cm³/mol. The number of carbonyl (C=O) groups is 3. The van der Waals surface area contributed by atoms with Crippen molar-refractivity contribution in [3.8, 4) is 5.75 Å². The van der Waals surface area contributed by atoms with Gasteiger partial charge in [-0.15, -0.1) is 0 Å². The number of amides is 3. The Morgan fingerprint density at radius 3 is 2.64 bits per heavy atom. The van der Waals surface area contributed by atoms with E-state index in [0.717, 1.165) is 5.56 Å². The molecule has 0 spiro atoms. The molecule has 3 amide bonds. The Hall–Kier alpha value is -3.39. The van der Waals surface area contributed by atoms with Crippen LogP contribution in [0, 0.1) is 6.92 Å². The minimum absolute atomic E-state index is 0.194. The average molecular weight is 403 g/mol. The summed E-state index contributed by atoms with van der Waals surface area (Å²) in [7, 11) is 1.34. The highest BCUT2D eigenvalue weighted by Gasteiger charge is 2.09. The maximum absolute atomic E-state index is 12.1.